The van der Waals surface area contributed by atoms with E-state index in [1.807, 2.05) is 0 Å². The van der Waals surface area contributed by atoms with Crippen LogP contribution < -0.4 is 10.6 Å². The minimum Gasteiger partial charge on any atom is -0.375 e. The maximum atomic E-state index is 12.5. The molecule has 1 amide bonds. The van der Waals surface area contributed by atoms with E-state index in [0.29, 0.717) is 18.5 Å². The van der Waals surface area contributed by atoms with Crippen molar-refractivity contribution in [2.45, 2.75) is 50.3 Å². The molecule has 0 aromatic carbocycles. The molecule has 0 radical (unpaired) electrons. The number of nitrogens with one attached hydrogen (secondary N) is 2. The van der Waals surface area contributed by atoms with Gasteiger partial charge in [0, 0.05) is 31.7 Å². The predicted molar refractivity (Wildman–Crippen MR) is 73.0 cm³/mol. The molecule has 2 atom stereocenters. The quantitative estimate of drug-likeness (QED) is 0.742. The fourth-order valence-corrected chi connectivity index (χ4v) is 3.05. The lowest BCUT2D eigenvalue weighted by Crippen LogP contribution is -2.46. The van der Waals surface area contributed by atoms with Crippen molar-refractivity contribution in [2.24, 2.45) is 0 Å². The molecule has 0 aromatic rings. The number of morpholine rings is 1. The van der Waals surface area contributed by atoms with Gasteiger partial charge in [0.25, 0.3) is 0 Å². The van der Waals surface area contributed by atoms with Gasteiger partial charge < -0.3 is 20.3 Å². The first-order chi connectivity index (χ1) is 9.33. The Labute approximate surface area is 115 Å². The van der Waals surface area contributed by atoms with E-state index in [1.54, 1.807) is 0 Å². The van der Waals surface area contributed by atoms with E-state index in [4.69, 9.17) is 4.74 Å². The minimum absolute atomic E-state index is 0.0686. The molecule has 3 rings (SSSR count). The Hall–Kier alpha value is -0.650. The van der Waals surface area contributed by atoms with Gasteiger partial charge in [0.15, 0.2) is 0 Å². The second-order valence-electron chi connectivity index (χ2n) is 5.97. The summed E-state index contributed by atoms with van der Waals surface area (Å²) >= 11 is 0. The van der Waals surface area contributed by atoms with Crippen LogP contribution in [0.4, 0.5) is 0 Å². The van der Waals surface area contributed by atoms with Gasteiger partial charge in [0.1, 0.15) is 0 Å². The van der Waals surface area contributed by atoms with Gasteiger partial charge in [-0.1, -0.05) is 0 Å². The molecule has 5 nitrogen and oxygen atoms in total. The number of ether oxygens (including phenoxy) is 1. The Balaban J connectivity index is 1.51. The van der Waals surface area contributed by atoms with Crippen LogP contribution in [0.25, 0.3) is 0 Å². The van der Waals surface area contributed by atoms with Crippen molar-refractivity contribution in [3.05, 3.63) is 0 Å². The first kappa shape index (κ1) is 13.3. The van der Waals surface area contributed by atoms with E-state index in [-0.39, 0.29) is 12.0 Å². The van der Waals surface area contributed by atoms with Crippen molar-refractivity contribution in [1.82, 2.24) is 15.5 Å². The first-order valence-corrected chi connectivity index (χ1v) is 7.68. The maximum Gasteiger partial charge on any atom is 0.225 e. The second kappa shape index (κ2) is 6.20. The minimum atomic E-state index is 0.0686. The highest BCUT2D eigenvalue weighted by molar-refractivity contribution is 5.77. The lowest BCUT2D eigenvalue weighted by atomic mass is 10.1. The molecule has 2 aliphatic heterocycles. The van der Waals surface area contributed by atoms with Crippen molar-refractivity contribution in [3.63, 3.8) is 0 Å². The predicted octanol–water partition coefficient (Wildman–Crippen LogP) is 0.108. The Kier molecular flexibility index (Phi) is 4.35. The summed E-state index contributed by atoms with van der Waals surface area (Å²) in [7, 11) is 0. The molecule has 5 heteroatoms. The zero-order valence-electron chi connectivity index (χ0n) is 11.6. The SMILES string of the molecule is O=C(C[C@@H]1CNCCO1)N(C[C@@H]1CCCN1)C1CC1. The fraction of sp³-hybridized carbons (Fsp3) is 0.929. The Morgan fingerprint density at radius 3 is 2.79 bits per heavy atom. The summed E-state index contributed by atoms with van der Waals surface area (Å²) in [5.74, 6) is 0.282. The molecule has 3 aliphatic rings. The number of rotatable bonds is 5. The Bertz CT molecular complexity index is 308. The third kappa shape index (κ3) is 3.68. The normalized spacial score (nSPS) is 31.4. The van der Waals surface area contributed by atoms with E-state index in [2.05, 4.69) is 15.5 Å². The summed E-state index contributed by atoms with van der Waals surface area (Å²) in [5, 5.41) is 6.78. The molecule has 0 unspecified atom stereocenters. The summed E-state index contributed by atoms with van der Waals surface area (Å²) in [4.78, 5) is 14.6. The number of hydrogen-bond acceptors (Lipinski definition) is 4. The van der Waals surface area contributed by atoms with E-state index in [9.17, 15) is 4.79 Å². The van der Waals surface area contributed by atoms with Gasteiger partial charge in [0.2, 0.25) is 5.91 Å². The molecule has 1 aliphatic carbocycles. The molecule has 1 saturated carbocycles. The highest BCUT2D eigenvalue weighted by Gasteiger charge is 2.35. The number of nitrogens with zero attached hydrogens (tertiary/aromatic N) is 1. The maximum absolute atomic E-state index is 12.5. The summed E-state index contributed by atoms with van der Waals surface area (Å²) in [6.07, 6.45) is 5.42. The van der Waals surface area contributed by atoms with Crippen LogP contribution in [0.3, 0.4) is 0 Å². The van der Waals surface area contributed by atoms with Crippen LogP contribution in [0.5, 0.6) is 0 Å². The summed E-state index contributed by atoms with van der Waals surface area (Å²) < 4.78 is 5.64. The van der Waals surface area contributed by atoms with Crippen molar-refractivity contribution < 1.29 is 9.53 Å². The highest BCUT2D eigenvalue weighted by atomic mass is 16.5. The van der Waals surface area contributed by atoms with Gasteiger partial charge in [-0.15, -0.1) is 0 Å². The first-order valence-electron chi connectivity index (χ1n) is 7.68. The molecule has 2 N–H and O–H groups in total. The zero-order chi connectivity index (χ0) is 13.1. The molecule has 3 fully saturated rings. The summed E-state index contributed by atoms with van der Waals surface area (Å²) in [5.41, 5.74) is 0. The zero-order valence-corrected chi connectivity index (χ0v) is 11.6. The molecule has 2 saturated heterocycles. The van der Waals surface area contributed by atoms with Crippen LogP contribution in [-0.4, -0.2) is 61.8 Å². The Morgan fingerprint density at radius 1 is 1.26 bits per heavy atom. The third-order valence-corrected chi connectivity index (χ3v) is 4.29. The van der Waals surface area contributed by atoms with E-state index >= 15 is 0 Å². The van der Waals surface area contributed by atoms with E-state index < -0.39 is 0 Å². The van der Waals surface area contributed by atoms with Gasteiger partial charge >= 0.3 is 0 Å². The molecule has 19 heavy (non-hydrogen) atoms. The lowest BCUT2D eigenvalue weighted by Gasteiger charge is -2.29. The molecular formula is C14H25N3O2. The van der Waals surface area contributed by atoms with Crippen LogP contribution in [0.15, 0.2) is 0 Å². The van der Waals surface area contributed by atoms with Crippen molar-refractivity contribution in [3.8, 4) is 0 Å². The topological polar surface area (TPSA) is 53.6 Å². The van der Waals surface area contributed by atoms with Crippen molar-refractivity contribution in [1.29, 1.82) is 0 Å². The largest absolute Gasteiger partial charge is 0.375 e. The van der Waals surface area contributed by atoms with Gasteiger partial charge in [0.05, 0.1) is 19.1 Å². The fourth-order valence-electron chi connectivity index (χ4n) is 3.05. The monoisotopic (exact) mass is 267 g/mol. The number of hydrogen-bond donors (Lipinski definition) is 2. The van der Waals surface area contributed by atoms with E-state index in [1.165, 1.54) is 25.7 Å². The standard InChI is InChI=1S/C14H25N3O2/c18-14(8-13-9-15-6-7-19-13)17(12-3-4-12)10-11-2-1-5-16-11/h11-13,15-16H,1-10H2/t11-,13+/m0/s1. The lowest BCUT2D eigenvalue weighted by molar-refractivity contribution is -0.135. The second-order valence-corrected chi connectivity index (χ2v) is 5.97. The number of amides is 1. The van der Waals surface area contributed by atoms with Crippen molar-refractivity contribution >= 4 is 5.91 Å². The van der Waals surface area contributed by atoms with Gasteiger partial charge in [-0.05, 0) is 32.2 Å². The van der Waals surface area contributed by atoms with Gasteiger partial charge in [-0.25, -0.2) is 0 Å². The Morgan fingerprint density at radius 2 is 2.16 bits per heavy atom. The number of carbonyl (C=O) groups excluding carboxylic acids is 1. The average molecular weight is 267 g/mol. The molecule has 0 aromatic heterocycles. The van der Waals surface area contributed by atoms with E-state index in [0.717, 1.165) is 32.8 Å². The van der Waals surface area contributed by atoms with Gasteiger partial charge in [-0.2, -0.15) is 0 Å². The van der Waals surface area contributed by atoms with Crippen LogP contribution >= 0.6 is 0 Å². The summed E-state index contributed by atoms with van der Waals surface area (Å²) in [6.45, 7) is 4.44. The molecule has 0 bridgehead atoms. The third-order valence-electron chi connectivity index (χ3n) is 4.29. The smallest absolute Gasteiger partial charge is 0.225 e. The molecular weight excluding hydrogens is 242 g/mol. The molecule has 108 valence electrons. The number of carbonyl (C=O) groups is 1. The van der Waals surface area contributed by atoms with Crippen LogP contribution in [0, 0.1) is 0 Å². The van der Waals surface area contributed by atoms with Gasteiger partial charge in [-0.3, -0.25) is 4.79 Å². The molecule has 2 heterocycles. The summed E-state index contributed by atoms with van der Waals surface area (Å²) in [6, 6.07) is 1.02. The average Bonchev–Trinajstić information content (AvgIpc) is 3.14. The highest BCUT2D eigenvalue weighted by Crippen LogP contribution is 2.28. The molecule has 0 spiro atoms. The van der Waals surface area contributed by atoms with Crippen LogP contribution in [0.2, 0.25) is 0 Å². The van der Waals surface area contributed by atoms with Crippen LogP contribution in [-0.2, 0) is 9.53 Å². The van der Waals surface area contributed by atoms with Crippen LogP contribution in [0.1, 0.15) is 32.1 Å². The van der Waals surface area contributed by atoms with Crippen molar-refractivity contribution in [2.75, 3.05) is 32.8 Å².